The van der Waals surface area contributed by atoms with Gasteiger partial charge in [-0.2, -0.15) is 0 Å². The monoisotopic (exact) mass is 285 g/mol. The molecule has 20 heavy (non-hydrogen) atoms. The summed E-state index contributed by atoms with van der Waals surface area (Å²) < 4.78 is 10.5. The molecule has 0 aromatic rings. The summed E-state index contributed by atoms with van der Waals surface area (Å²) in [6.07, 6.45) is 4.79. The van der Waals surface area contributed by atoms with Crippen LogP contribution in [-0.4, -0.2) is 81.5 Å². The Morgan fingerprint density at radius 2 is 1.85 bits per heavy atom. The van der Waals surface area contributed by atoms with Gasteiger partial charge in [-0.15, -0.1) is 0 Å². The number of rotatable bonds is 8. The molecule has 0 spiro atoms. The van der Waals surface area contributed by atoms with Gasteiger partial charge >= 0.3 is 0 Å². The number of hydrogen-bond donors (Lipinski definition) is 1. The summed E-state index contributed by atoms with van der Waals surface area (Å²) in [5, 5.41) is 0. The zero-order valence-electron chi connectivity index (χ0n) is 12.9. The van der Waals surface area contributed by atoms with Crippen LogP contribution in [0.1, 0.15) is 25.7 Å². The van der Waals surface area contributed by atoms with E-state index in [1.807, 2.05) is 0 Å². The van der Waals surface area contributed by atoms with Crippen LogP contribution in [0.25, 0.3) is 0 Å². The van der Waals surface area contributed by atoms with Crippen LogP contribution in [0.15, 0.2) is 0 Å². The fraction of sp³-hybridized carbons (Fsp3) is 1.00. The van der Waals surface area contributed by atoms with E-state index in [4.69, 9.17) is 15.2 Å². The maximum atomic E-state index is 5.98. The van der Waals surface area contributed by atoms with E-state index in [0.717, 1.165) is 25.6 Å². The molecule has 0 bridgehead atoms. The first-order valence-corrected chi connectivity index (χ1v) is 8.08. The second-order valence-corrected chi connectivity index (χ2v) is 6.08. The van der Waals surface area contributed by atoms with Gasteiger partial charge < -0.3 is 20.1 Å². The molecular formula is C15H31N3O2. The lowest BCUT2D eigenvalue weighted by Gasteiger charge is -2.34. The lowest BCUT2D eigenvalue weighted by atomic mass is 10.0. The van der Waals surface area contributed by atoms with E-state index in [-0.39, 0.29) is 0 Å². The predicted octanol–water partition coefficient (Wildman–Crippen LogP) is 0.537. The highest BCUT2D eigenvalue weighted by Crippen LogP contribution is 2.19. The Hall–Kier alpha value is -0.200. The Kier molecular flexibility index (Phi) is 7.24. The SMILES string of the molecule is COCCOCCCN1CCC(N2CCC(N)CC2)C1. The molecular weight excluding hydrogens is 254 g/mol. The highest BCUT2D eigenvalue weighted by molar-refractivity contribution is 4.86. The largest absolute Gasteiger partial charge is 0.382 e. The summed E-state index contributed by atoms with van der Waals surface area (Å²) in [5.41, 5.74) is 5.98. The smallest absolute Gasteiger partial charge is 0.0700 e. The number of piperidine rings is 1. The molecule has 1 atom stereocenters. The normalized spacial score (nSPS) is 26.4. The highest BCUT2D eigenvalue weighted by atomic mass is 16.5. The zero-order chi connectivity index (χ0) is 14.2. The lowest BCUT2D eigenvalue weighted by Crippen LogP contribution is -2.46. The van der Waals surface area contributed by atoms with Gasteiger partial charge in [0.1, 0.15) is 0 Å². The molecule has 2 aliphatic rings. The van der Waals surface area contributed by atoms with Crippen molar-refractivity contribution in [2.45, 2.75) is 37.8 Å². The fourth-order valence-corrected chi connectivity index (χ4v) is 3.23. The van der Waals surface area contributed by atoms with Crippen LogP contribution in [0.3, 0.4) is 0 Å². The first-order valence-electron chi connectivity index (χ1n) is 8.08. The summed E-state index contributed by atoms with van der Waals surface area (Å²) in [5.74, 6) is 0. The molecule has 0 saturated carbocycles. The van der Waals surface area contributed by atoms with Crippen LogP contribution >= 0.6 is 0 Å². The molecule has 2 rings (SSSR count). The molecule has 0 aliphatic carbocycles. The van der Waals surface area contributed by atoms with Gasteiger partial charge in [-0.3, -0.25) is 4.90 Å². The van der Waals surface area contributed by atoms with Crippen LogP contribution in [0.5, 0.6) is 0 Å². The van der Waals surface area contributed by atoms with E-state index < -0.39 is 0 Å². The van der Waals surface area contributed by atoms with Gasteiger partial charge in [0.05, 0.1) is 13.2 Å². The van der Waals surface area contributed by atoms with Crippen molar-refractivity contribution >= 4 is 0 Å². The van der Waals surface area contributed by atoms with E-state index in [2.05, 4.69) is 9.80 Å². The van der Waals surface area contributed by atoms with Crippen molar-refractivity contribution in [3.8, 4) is 0 Å². The topological polar surface area (TPSA) is 51.0 Å². The number of nitrogens with two attached hydrogens (primary N) is 1. The van der Waals surface area contributed by atoms with E-state index in [9.17, 15) is 0 Å². The third-order valence-electron chi connectivity index (χ3n) is 4.53. The van der Waals surface area contributed by atoms with Crippen LogP contribution in [-0.2, 0) is 9.47 Å². The Balaban J connectivity index is 1.54. The molecule has 2 fully saturated rings. The Morgan fingerprint density at radius 3 is 2.60 bits per heavy atom. The summed E-state index contributed by atoms with van der Waals surface area (Å²) in [6.45, 7) is 8.29. The fourth-order valence-electron chi connectivity index (χ4n) is 3.23. The summed E-state index contributed by atoms with van der Waals surface area (Å²) >= 11 is 0. The molecule has 5 heteroatoms. The minimum atomic E-state index is 0.438. The molecule has 5 nitrogen and oxygen atoms in total. The minimum absolute atomic E-state index is 0.438. The Labute approximate surface area is 123 Å². The van der Waals surface area contributed by atoms with Crippen molar-refractivity contribution in [1.29, 1.82) is 0 Å². The predicted molar refractivity (Wildman–Crippen MR) is 80.9 cm³/mol. The van der Waals surface area contributed by atoms with Crippen LogP contribution < -0.4 is 5.73 Å². The van der Waals surface area contributed by atoms with Crippen LogP contribution in [0.2, 0.25) is 0 Å². The van der Waals surface area contributed by atoms with Gasteiger partial charge in [-0.05, 0) is 45.3 Å². The second-order valence-electron chi connectivity index (χ2n) is 6.08. The van der Waals surface area contributed by atoms with Crippen LogP contribution in [0.4, 0.5) is 0 Å². The maximum absolute atomic E-state index is 5.98. The van der Waals surface area contributed by atoms with Crippen molar-refractivity contribution in [1.82, 2.24) is 9.80 Å². The summed E-state index contributed by atoms with van der Waals surface area (Å²) in [4.78, 5) is 5.23. The quantitative estimate of drug-likeness (QED) is 0.660. The van der Waals surface area contributed by atoms with Crippen LogP contribution in [0, 0.1) is 0 Å². The zero-order valence-corrected chi connectivity index (χ0v) is 12.9. The summed E-state index contributed by atoms with van der Waals surface area (Å²) in [6, 6.07) is 1.20. The molecule has 0 aromatic carbocycles. The second kappa shape index (κ2) is 8.95. The molecule has 2 saturated heterocycles. The Morgan fingerprint density at radius 1 is 1.05 bits per heavy atom. The van der Waals surface area contributed by atoms with Crippen molar-refractivity contribution in [3.63, 3.8) is 0 Å². The Bertz CT molecular complexity index is 258. The van der Waals surface area contributed by atoms with E-state index in [1.165, 1.54) is 45.4 Å². The van der Waals surface area contributed by atoms with E-state index in [0.29, 0.717) is 19.3 Å². The molecule has 0 radical (unpaired) electrons. The molecule has 0 amide bonds. The number of ether oxygens (including phenoxy) is 2. The lowest BCUT2D eigenvalue weighted by molar-refractivity contribution is 0.0657. The molecule has 2 heterocycles. The summed E-state index contributed by atoms with van der Waals surface area (Å²) in [7, 11) is 1.71. The maximum Gasteiger partial charge on any atom is 0.0700 e. The third kappa shape index (κ3) is 5.30. The first-order chi connectivity index (χ1) is 9.79. The van der Waals surface area contributed by atoms with E-state index in [1.54, 1.807) is 7.11 Å². The number of nitrogens with zero attached hydrogens (tertiary/aromatic N) is 2. The highest BCUT2D eigenvalue weighted by Gasteiger charge is 2.29. The minimum Gasteiger partial charge on any atom is -0.382 e. The van der Waals surface area contributed by atoms with Crippen molar-refractivity contribution in [2.75, 3.05) is 59.7 Å². The number of methoxy groups -OCH3 is 1. The number of hydrogen-bond acceptors (Lipinski definition) is 5. The van der Waals surface area contributed by atoms with Crippen molar-refractivity contribution in [3.05, 3.63) is 0 Å². The average Bonchev–Trinajstić information content (AvgIpc) is 2.92. The van der Waals surface area contributed by atoms with Gasteiger partial charge in [0.25, 0.3) is 0 Å². The van der Waals surface area contributed by atoms with Crippen molar-refractivity contribution in [2.24, 2.45) is 5.73 Å². The molecule has 2 N–H and O–H groups in total. The third-order valence-corrected chi connectivity index (χ3v) is 4.53. The van der Waals surface area contributed by atoms with Gasteiger partial charge in [-0.25, -0.2) is 0 Å². The standard InChI is InChI=1S/C15H31N3O2/c1-19-11-12-20-10-2-6-17-7-5-15(13-17)18-8-3-14(16)4-9-18/h14-15H,2-13,16H2,1H3. The number of likely N-dealkylation sites (tertiary alicyclic amines) is 2. The van der Waals surface area contributed by atoms with Gasteiger partial charge in [-0.1, -0.05) is 0 Å². The van der Waals surface area contributed by atoms with Gasteiger partial charge in [0, 0.05) is 38.9 Å². The molecule has 2 aliphatic heterocycles. The van der Waals surface area contributed by atoms with E-state index >= 15 is 0 Å². The van der Waals surface area contributed by atoms with Gasteiger partial charge in [0.2, 0.25) is 0 Å². The van der Waals surface area contributed by atoms with Crippen molar-refractivity contribution < 1.29 is 9.47 Å². The molecule has 118 valence electrons. The molecule has 0 aromatic heterocycles. The average molecular weight is 285 g/mol. The van der Waals surface area contributed by atoms with Gasteiger partial charge in [0.15, 0.2) is 0 Å². The molecule has 1 unspecified atom stereocenters. The first kappa shape index (κ1) is 16.2.